The monoisotopic (exact) mass is 338 g/mol. The molecule has 2 rings (SSSR count). The molecule has 1 aromatic rings. The number of nitrogens with zero attached hydrogens (tertiary/aromatic N) is 1. The van der Waals surface area contributed by atoms with Crippen LogP contribution in [0.5, 0.6) is 17.2 Å². The summed E-state index contributed by atoms with van der Waals surface area (Å²) in [5.74, 6) is 1.90. The number of hydrogen-bond donors (Lipinski definition) is 2. The van der Waals surface area contributed by atoms with Crippen LogP contribution in [0.15, 0.2) is 12.1 Å². The van der Waals surface area contributed by atoms with Crippen LogP contribution in [-0.2, 0) is 0 Å². The summed E-state index contributed by atoms with van der Waals surface area (Å²) in [5.41, 5.74) is 0.681. The Kier molecular flexibility index (Phi) is 6.32. The molecule has 1 atom stereocenters. The number of aliphatic hydroxyl groups is 1. The second-order valence-electron chi connectivity index (χ2n) is 6.76. The van der Waals surface area contributed by atoms with Crippen molar-refractivity contribution in [3.63, 3.8) is 0 Å². The van der Waals surface area contributed by atoms with Gasteiger partial charge in [-0.05, 0) is 12.1 Å². The Bertz CT molecular complexity index is 542. The first-order chi connectivity index (χ1) is 11.5. The fraction of sp³-hybridized carbons (Fsp3) is 0.667. The van der Waals surface area contributed by atoms with E-state index < -0.39 is 0 Å². The number of rotatable bonds is 7. The Labute approximate surface area is 144 Å². The highest BCUT2D eigenvalue weighted by Crippen LogP contribution is 2.48. The Morgan fingerprint density at radius 3 is 2.21 bits per heavy atom. The van der Waals surface area contributed by atoms with Gasteiger partial charge in [0.2, 0.25) is 5.75 Å². The zero-order valence-electron chi connectivity index (χ0n) is 15.4. The molecule has 136 valence electrons. The maximum atomic E-state index is 10.0. The zero-order chi connectivity index (χ0) is 17.7. The molecule has 0 unspecified atom stereocenters. The molecule has 0 aliphatic carbocycles. The summed E-state index contributed by atoms with van der Waals surface area (Å²) in [7, 11) is 4.87. The molecular formula is C18H30N2O4. The number of ether oxygens (including phenoxy) is 3. The second-order valence-corrected chi connectivity index (χ2v) is 6.76. The molecule has 1 fully saturated rings. The Hall–Kier alpha value is -1.50. The van der Waals surface area contributed by atoms with Gasteiger partial charge in [-0.2, -0.15) is 0 Å². The number of methoxy groups -OCH3 is 3. The van der Waals surface area contributed by atoms with E-state index in [9.17, 15) is 5.11 Å². The Morgan fingerprint density at radius 2 is 1.71 bits per heavy atom. The van der Waals surface area contributed by atoms with Gasteiger partial charge in [0, 0.05) is 49.8 Å². The minimum absolute atomic E-state index is 0.0133. The van der Waals surface area contributed by atoms with Crippen molar-refractivity contribution in [1.29, 1.82) is 0 Å². The lowest BCUT2D eigenvalue weighted by Gasteiger charge is -2.44. The molecule has 0 spiro atoms. The molecule has 6 heteroatoms. The van der Waals surface area contributed by atoms with Crippen LogP contribution in [0.2, 0.25) is 0 Å². The lowest BCUT2D eigenvalue weighted by atomic mass is 9.79. The summed E-state index contributed by atoms with van der Waals surface area (Å²) in [6, 6.07) is 3.93. The molecule has 0 bridgehead atoms. The van der Waals surface area contributed by atoms with E-state index >= 15 is 0 Å². The van der Waals surface area contributed by atoms with Gasteiger partial charge in [0.1, 0.15) is 0 Å². The van der Waals surface area contributed by atoms with Crippen LogP contribution in [0.4, 0.5) is 0 Å². The van der Waals surface area contributed by atoms with Gasteiger partial charge in [-0.15, -0.1) is 0 Å². The molecule has 0 saturated carbocycles. The summed E-state index contributed by atoms with van der Waals surface area (Å²) in [6.45, 7) is 7.96. The molecule has 1 saturated heterocycles. The quantitative estimate of drug-likeness (QED) is 0.789. The van der Waals surface area contributed by atoms with Crippen molar-refractivity contribution < 1.29 is 19.3 Å². The van der Waals surface area contributed by atoms with E-state index in [1.807, 2.05) is 12.1 Å². The first kappa shape index (κ1) is 18.8. The van der Waals surface area contributed by atoms with E-state index in [1.54, 1.807) is 21.3 Å². The third-order valence-corrected chi connectivity index (χ3v) is 4.69. The predicted molar refractivity (Wildman–Crippen MR) is 94.1 cm³/mol. The maximum absolute atomic E-state index is 10.0. The van der Waals surface area contributed by atoms with Crippen LogP contribution in [0.3, 0.4) is 0 Å². The van der Waals surface area contributed by atoms with Crippen LogP contribution in [0.25, 0.3) is 0 Å². The summed E-state index contributed by atoms with van der Waals surface area (Å²) in [6.07, 6.45) is 0. The van der Waals surface area contributed by atoms with Crippen LogP contribution >= 0.6 is 0 Å². The van der Waals surface area contributed by atoms with Crippen molar-refractivity contribution in [3.8, 4) is 17.2 Å². The van der Waals surface area contributed by atoms with E-state index in [1.165, 1.54) is 0 Å². The smallest absolute Gasteiger partial charge is 0.203 e. The molecule has 6 nitrogen and oxygen atoms in total. The van der Waals surface area contributed by atoms with Crippen molar-refractivity contribution in [2.45, 2.75) is 19.9 Å². The van der Waals surface area contributed by atoms with E-state index in [0.29, 0.717) is 17.2 Å². The van der Waals surface area contributed by atoms with Crippen LogP contribution in [-0.4, -0.2) is 64.1 Å². The number of nitrogens with one attached hydrogen (secondary N) is 1. The first-order valence-electron chi connectivity index (χ1n) is 8.34. The highest BCUT2D eigenvalue weighted by atomic mass is 16.5. The minimum atomic E-state index is -0.329. The third-order valence-electron chi connectivity index (χ3n) is 4.69. The molecular weight excluding hydrogens is 308 g/mol. The van der Waals surface area contributed by atoms with Crippen molar-refractivity contribution in [2.75, 3.05) is 54.1 Å². The summed E-state index contributed by atoms with van der Waals surface area (Å²) in [4.78, 5) is 2.40. The first-order valence-corrected chi connectivity index (χ1v) is 8.34. The lowest BCUT2D eigenvalue weighted by Crippen LogP contribution is -2.49. The third kappa shape index (κ3) is 3.61. The van der Waals surface area contributed by atoms with Crippen LogP contribution < -0.4 is 19.5 Å². The Morgan fingerprint density at radius 1 is 1.08 bits per heavy atom. The SMILES string of the molecule is COc1ccc([C@H](N2CCNCC2)C(C)(C)CO)c(OC)c1OC. The molecule has 24 heavy (non-hydrogen) atoms. The zero-order valence-corrected chi connectivity index (χ0v) is 15.4. The van der Waals surface area contributed by atoms with Gasteiger partial charge in [-0.3, -0.25) is 4.90 Å². The number of benzene rings is 1. The van der Waals surface area contributed by atoms with Crippen molar-refractivity contribution in [2.24, 2.45) is 5.41 Å². The molecule has 0 amide bonds. The normalized spacial score (nSPS) is 17.4. The summed E-state index contributed by atoms with van der Waals surface area (Å²) >= 11 is 0. The number of hydrogen-bond acceptors (Lipinski definition) is 6. The van der Waals surface area contributed by atoms with Gasteiger partial charge in [0.15, 0.2) is 11.5 Å². The topological polar surface area (TPSA) is 63.2 Å². The van der Waals surface area contributed by atoms with Gasteiger partial charge in [0.25, 0.3) is 0 Å². The lowest BCUT2D eigenvalue weighted by molar-refractivity contribution is 0.0290. The van der Waals surface area contributed by atoms with Crippen molar-refractivity contribution in [1.82, 2.24) is 10.2 Å². The highest BCUT2D eigenvalue weighted by molar-refractivity contribution is 5.57. The summed E-state index contributed by atoms with van der Waals surface area (Å²) < 4.78 is 16.6. The second kappa shape index (κ2) is 8.05. The standard InChI is InChI=1S/C18H30N2O4/c1-18(2,12-21)17(20-10-8-19-9-11-20)13-6-7-14(22-3)16(24-5)15(13)23-4/h6-7,17,19,21H,8-12H2,1-5H3/t17-/m0/s1. The average molecular weight is 338 g/mol. The van der Waals surface area contributed by atoms with Gasteiger partial charge < -0.3 is 24.6 Å². The number of aliphatic hydroxyl groups excluding tert-OH is 1. The fourth-order valence-corrected chi connectivity index (χ4v) is 3.48. The molecule has 0 aromatic heterocycles. The largest absolute Gasteiger partial charge is 0.493 e. The molecule has 2 N–H and O–H groups in total. The van der Waals surface area contributed by atoms with Crippen molar-refractivity contribution >= 4 is 0 Å². The van der Waals surface area contributed by atoms with Gasteiger partial charge in [-0.25, -0.2) is 0 Å². The van der Waals surface area contributed by atoms with E-state index in [0.717, 1.165) is 31.7 Å². The minimum Gasteiger partial charge on any atom is -0.493 e. The average Bonchev–Trinajstić information content (AvgIpc) is 2.61. The molecule has 1 aliphatic rings. The fourth-order valence-electron chi connectivity index (χ4n) is 3.48. The highest BCUT2D eigenvalue weighted by Gasteiger charge is 2.38. The molecule has 1 aromatic carbocycles. The van der Waals surface area contributed by atoms with Gasteiger partial charge in [-0.1, -0.05) is 13.8 Å². The van der Waals surface area contributed by atoms with Crippen LogP contribution in [0, 0.1) is 5.41 Å². The molecule has 1 heterocycles. The van der Waals surface area contributed by atoms with Crippen LogP contribution in [0.1, 0.15) is 25.5 Å². The molecule has 1 aliphatic heterocycles. The number of piperazine rings is 1. The van der Waals surface area contributed by atoms with Gasteiger partial charge >= 0.3 is 0 Å². The van der Waals surface area contributed by atoms with E-state index in [-0.39, 0.29) is 18.1 Å². The predicted octanol–water partition coefficient (Wildman–Crippen LogP) is 1.68. The van der Waals surface area contributed by atoms with E-state index in [2.05, 4.69) is 24.1 Å². The van der Waals surface area contributed by atoms with Crippen molar-refractivity contribution in [3.05, 3.63) is 17.7 Å². The molecule has 0 radical (unpaired) electrons. The van der Waals surface area contributed by atoms with E-state index in [4.69, 9.17) is 14.2 Å². The summed E-state index contributed by atoms with van der Waals surface area (Å²) in [5, 5.41) is 13.4. The Balaban J connectivity index is 2.56. The van der Waals surface area contributed by atoms with Gasteiger partial charge in [0.05, 0.1) is 21.3 Å². The maximum Gasteiger partial charge on any atom is 0.203 e.